The summed E-state index contributed by atoms with van der Waals surface area (Å²) in [5, 5.41) is 0. The van der Waals surface area contributed by atoms with Gasteiger partial charge in [-0.25, -0.2) is 0 Å². The zero-order valence-corrected chi connectivity index (χ0v) is 13.7. The molecule has 0 bridgehead atoms. The fourth-order valence-corrected chi connectivity index (χ4v) is 4.61. The first-order valence-corrected chi connectivity index (χ1v) is 8.06. The third kappa shape index (κ3) is 2.22. The fourth-order valence-electron chi connectivity index (χ4n) is 4.61. The van der Waals surface area contributed by atoms with Crippen molar-refractivity contribution in [3.63, 3.8) is 0 Å². The Balaban J connectivity index is 2.08. The molecule has 1 aromatic carbocycles. The normalized spacial score (nSPS) is 29.2. The monoisotopic (exact) mass is 289 g/mol. The highest BCUT2D eigenvalue weighted by Gasteiger charge is 2.48. The van der Waals surface area contributed by atoms with Crippen molar-refractivity contribution < 1.29 is 9.47 Å². The number of likely N-dealkylation sites (N-methyl/N-ethyl adjacent to an activating group) is 1. The van der Waals surface area contributed by atoms with Gasteiger partial charge in [0, 0.05) is 11.5 Å². The highest BCUT2D eigenvalue weighted by Crippen LogP contribution is 2.50. The Morgan fingerprint density at radius 2 is 1.95 bits per heavy atom. The second-order valence-electron chi connectivity index (χ2n) is 6.68. The largest absolute Gasteiger partial charge is 0.493 e. The third-order valence-electron chi connectivity index (χ3n) is 5.67. The summed E-state index contributed by atoms with van der Waals surface area (Å²) in [6.45, 7) is 3.33. The van der Waals surface area contributed by atoms with Gasteiger partial charge in [-0.1, -0.05) is 18.9 Å². The molecule has 21 heavy (non-hydrogen) atoms. The molecule has 2 aliphatic rings. The van der Waals surface area contributed by atoms with E-state index in [0.717, 1.165) is 11.5 Å². The zero-order chi connectivity index (χ0) is 15.0. The van der Waals surface area contributed by atoms with Crippen LogP contribution in [0.5, 0.6) is 11.5 Å². The molecule has 1 aromatic rings. The molecule has 3 heteroatoms. The average molecular weight is 289 g/mol. The predicted molar refractivity (Wildman–Crippen MR) is 85.5 cm³/mol. The van der Waals surface area contributed by atoms with Crippen LogP contribution in [0.4, 0.5) is 0 Å². The molecule has 0 spiro atoms. The van der Waals surface area contributed by atoms with Gasteiger partial charge in [-0.15, -0.1) is 0 Å². The summed E-state index contributed by atoms with van der Waals surface area (Å²) in [7, 11) is 5.73. The Bertz CT molecular complexity index is 524. The molecule has 0 amide bonds. The van der Waals surface area contributed by atoms with Gasteiger partial charge < -0.3 is 14.4 Å². The summed E-state index contributed by atoms with van der Waals surface area (Å²) in [6, 6.07) is 5.24. The van der Waals surface area contributed by atoms with E-state index in [-0.39, 0.29) is 0 Å². The van der Waals surface area contributed by atoms with Crippen LogP contribution in [-0.4, -0.2) is 38.8 Å². The van der Waals surface area contributed by atoms with E-state index in [1.165, 1.54) is 49.8 Å². The Hall–Kier alpha value is -1.22. The van der Waals surface area contributed by atoms with Crippen LogP contribution in [-0.2, 0) is 5.41 Å². The van der Waals surface area contributed by atoms with Gasteiger partial charge in [-0.3, -0.25) is 0 Å². The number of fused-ring (bicyclic) bond motifs is 1. The number of rotatable bonds is 3. The number of hydrogen-bond acceptors (Lipinski definition) is 3. The standard InChI is InChI=1S/C18H27NO2/c1-13-11-14(12-15(20-3)17(13)21-4)18-8-6-5-7-16(18)19(2)10-9-18/h11-12,16H,5-10H2,1-4H3/t16-,18-/m0/s1. The van der Waals surface area contributed by atoms with Crippen molar-refractivity contribution in [1.82, 2.24) is 4.90 Å². The Morgan fingerprint density at radius 3 is 2.67 bits per heavy atom. The van der Waals surface area contributed by atoms with Crippen LogP contribution in [0.3, 0.4) is 0 Å². The summed E-state index contributed by atoms with van der Waals surface area (Å²) < 4.78 is 11.1. The Labute approximate surface area is 128 Å². The lowest BCUT2D eigenvalue weighted by Gasteiger charge is -2.42. The van der Waals surface area contributed by atoms with Crippen molar-refractivity contribution in [3.8, 4) is 11.5 Å². The van der Waals surface area contributed by atoms with Crippen LogP contribution in [0.15, 0.2) is 12.1 Å². The molecule has 2 atom stereocenters. The number of nitrogens with zero attached hydrogens (tertiary/aromatic N) is 1. The molecular formula is C18H27NO2. The second kappa shape index (κ2) is 5.53. The summed E-state index contributed by atoms with van der Waals surface area (Å²) in [6.07, 6.45) is 6.60. The highest BCUT2D eigenvalue weighted by atomic mass is 16.5. The summed E-state index contributed by atoms with van der Waals surface area (Å²) in [5.41, 5.74) is 2.95. The molecule has 116 valence electrons. The van der Waals surface area contributed by atoms with Crippen LogP contribution in [0, 0.1) is 6.92 Å². The first-order valence-electron chi connectivity index (χ1n) is 8.06. The van der Waals surface area contributed by atoms with E-state index < -0.39 is 0 Å². The molecule has 0 N–H and O–H groups in total. The van der Waals surface area contributed by atoms with E-state index in [0.29, 0.717) is 11.5 Å². The minimum absolute atomic E-state index is 0.317. The van der Waals surface area contributed by atoms with Crippen molar-refractivity contribution >= 4 is 0 Å². The lowest BCUT2D eigenvalue weighted by molar-refractivity contribution is 0.181. The molecule has 0 aromatic heterocycles. The fraction of sp³-hybridized carbons (Fsp3) is 0.667. The van der Waals surface area contributed by atoms with Gasteiger partial charge in [-0.2, -0.15) is 0 Å². The van der Waals surface area contributed by atoms with E-state index in [1.807, 2.05) is 0 Å². The predicted octanol–water partition coefficient (Wildman–Crippen LogP) is 3.53. The van der Waals surface area contributed by atoms with Gasteiger partial charge in [0.2, 0.25) is 0 Å². The van der Waals surface area contributed by atoms with Gasteiger partial charge in [0.05, 0.1) is 14.2 Å². The molecule has 1 aliphatic carbocycles. The molecule has 1 aliphatic heterocycles. The lowest BCUT2D eigenvalue weighted by atomic mass is 9.66. The minimum Gasteiger partial charge on any atom is -0.493 e. The first-order chi connectivity index (χ1) is 10.1. The van der Waals surface area contributed by atoms with E-state index in [2.05, 4.69) is 31.0 Å². The van der Waals surface area contributed by atoms with E-state index >= 15 is 0 Å². The molecule has 1 saturated heterocycles. The van der Waals surface area contributed by atoms with E-state index in [9.17, 15) is 0 Å². The Morgan fingerprint density at radius 1 is 1.14 bits per heavy atom. The van der Waals surface area contributed by atoms with Gasteiger partial charge in [0.1, 0.15) is 0 Å². The van der Waals surface area contributed by atoms with E-state index in [4.69, 9.17) is 9.47 Å². The van der Waals surface area contributed by atoms with Crippen molar-refractivity contribution in [2.24, 2.45) is 0 Å². The van der Waals surface area contributed by atoms with Crippen molar-refractivity contribution in [2.45, 2.75) is 50.5 Å². The van der Waals surface area contributed by atoms with Gasteiger partial charge in [0.25, 0.3) is 0 Å². The summed E-state index contributed by atoms with van der Waals surface area (Å²) >= 11 is 0. The maximum atomic E-state index is 5.58. The average Bonchev–Trinajstić information content (AvgIpc) is 2.85. The molecule has 3 rings (SSSR count). The smallest absolute Gasteiger partial charge is 0.163 e. The SMILES string of the molecule is COc1cc([C@@]23CCCC[C@@H]2N(C)CC3)cc(C)c1OC. The molecule has 1 heterocycles. The van der Waals surface area contributed by atoms with Crippen LogP contribution < -0.4 is 9.47 Å². The molecule has 3 nitrogen and oxygen atoms in total. The number of hydrogen-bond donors (Lipinski definition) is 0. The first kappa shape index (κ1) is 14.7. The van der Waals surface area contributed by atoms with Crippen LogP contribution in [0.25, 0.3) is 0 Å². The summed E-state index contributed by atoms with van der Waals surface area (Å²) in [5.74, 6) is 1.75. The van der Waals surface area contributed by atoms with Gasteiger partial charge in [0.15, 0.2) is 11.5 Å². The lowest BCUT2D eigenvalue weighted by Crippen LogP contribution is -2.43. The molecular weight excluding hydrogens is 262 g/mol. The Kier molecular flexibility index (Phi) is 3.87. The third-order valence-corrected chi connectivity index (χ3v) is 5.67. The van der Waals surface area contributed by atoms with Crippen molar-refractivity contribution in [2.75, 3.05) is 27.8 Å². The zero-order valence-electron chi connectivity index (χ0n) is 13.7. The number of aryl methyl sites for hydroxylation is 1. The van der Waals surface area contributed by atoms with Crippen LogP contribution >= 0.6 is 0 Å². The van der Waals surface area contributed by atoms with Crippen LogP contribution in [0.2, 0.25) is 0 Å². The number of ether oxygens (including phenoxy) is 2. The van der Waals surface area contributed by atoms with Crippen molar-refractivity contribution in [1.29, 1.82) is 0 Å². The molecule has 0 unspecified atom stereocenters. The van der Waals surface area contributed by atoms with Gasteiger partial charge >= 0.3 is 0 Å². The molecule has 1 saturated carbocycles. The quantitative estimate of drug-likeness (QED) is 0.849. The maximum Gasteiger partial charge on any atom is 0.163 e. The number of benzene rings is 1. The molecule has 0 radical (unpaired) electrons. The maximum absolute atomic E-state index is 5.58. The second-order valence-corrected chi connectivity index (χ2v) is 6.68. The minimum atomic E-state index is 0.317. The van der Waals surface area contributed by atoms with Crippen molar-refractivity contribution in [3.05, 3.63) is 23.3 Å². The van der Waals surface area contributed by atoms with Crippen LogP contribution in [0.1, 0.15) is 43.2 Å². The number of likely N-dealkylation sites (tertiary alicyclic amines) is 1. The van der Waals surface area contributed by atoms with Gasteiger partial charge in [-0.05, 0) is 57.0 Å². The topological polar surface area (TPSA) is 21.7 Å². The van der Waals surface area contributed by atoms with E-state index in [1.54, 1.807) is 14.2 Å². The summed E-state index contributed by atoms with van der Waals surface area (Å²) in [4.78, 5) is 2.56. The number of methoxy groups -OCH3 is 2. The highest BCUT2D eigenvalue weighted by molar-refractivity contribution is 5.51. The molecule has 2 fully saturated rings.